The summed E-state index contributed by atoms with van der Waals surface area (Å²) in [6.07, 6.45) is 0. The summed E-state index contributed by atoms with van der Waals surface area (Å²) in [5, 5.41) is 0. The van der Waals surface area contributed by atoms with E-state index in [0.29, 0.717) is 0 Å². The predicted octanol–water partition coefficient (Wildman–Crippen LogP) is 1.46. The van der Waals surface area contributed by atoms with E-state index in [1.54, 1.807) is 0 Å². The Labute approximate surface area is 80.3 Å². The molecule has 0 unspecified atom stereocenters. The first-order valence-electron chi connectivity index (χ1n) is 3.59. The molecular weight excluding hydrogens is 215 g/mol. The molecule has 0 aliphatic heterocycles. The minimum atomic E-state index is 0.916. The van der Waals surface area contributed by atoms with Gasteiger partial charge in [0.2, 0.25) is 0 Å². The molecule has 62 valence electrons. The van der Waals surface area contributed by atoms with Crippen molar-refractivity contribution in [2.24, 2.45) is 4.99 Å². The second kappa shape index (κ2) is 4.22. The zero-order valence-corrected chi connectivity index (χ0v) is 8.83. The van der Waals surface area contributed by atoms with Crippen LogP contribution in [0, 0.1) is 0 Å². The van der Waals surface area contributed by atoms with Crippen molar-refractivity contribution >= 4 is 31.7 Å². The fourth-order valence-corrected chi connectivity index (χ4v) is 1.10. The molecule has 1 aromatic rings. The molecule has 3 heteroatoms. The molecule has 1 aromatic carbocycles. The maximum absolute atomic E-state index is 3.98. The van der Waals surface area contributed by atoms with Crippen LogP contribution in [0.3, 0.4) is 0 Å². The third-order valence-electron chi connectivity index (χ3n) is 1.54. The average Bonchev–Trinajstić information content (AvgIpc) is 2.06. The quantitative estimate of drug-likeness (QED) is 0.549. The van der Waals surface area contributed by atoms with Gasteiger partial charge >= 0.3 is 79.9 Å². The second-order valence-corrected chi connectivity index (χ2v) is 3.00. The molecule has 0 aliphatic carbocycles. The zero-order valence-electron chi connectivity index (χ0n) is 7.11. The van der Waals surface area contributed by atoms with Crippen molar-refractivity contribution in [2.75, 3.05) is 19.0 Å². The molecule has 2 nitrogen and oxygen atoms in total. The van der Waals surface area contributed by atoms with E-state index in [2.05, 4.69) is 30.2 Å². The molecule has 0 heterocycles. The number of benzene rings is 1. The van der Waals surface area contributed by atoms with Crippen LogP contribution in [0.2, 0.25) is 0 Å². The summed E-state index contributed by atoms with van der Waals surface area (Å²) in [6.45, 7) is 0. The first-order valence-corrected chi connectivity index (χ1v) is 4.45. The number of anilines is 1. The Balaban J connectivity index is 2.92. The third kappa shape index (κ3) is 2.31. The zero-order chi connectivity index (χ0) is 8.97. The van der Waals surface area contributed by atoms with Gasteiger partial charge in [-0.25, -0.2) is 0 Å². The summed E-state index contributed by atoms with van der Waals surface area (Å²) >= 11 is 2.60. The van der Waals surface area contributed by atoms with Gasteiger partial charge in [-0.2, -0.15) is 0 Å². The van der Waals surface area contributed by atoms with Crippen molar-refractivity contribution in [3.63, 3.8) is 0 Å². The van der Waals surface area contributed by atoms with Crippen molar-refractivity contribution in [3.05, 3.63) is 24.3 Å². The van der Waals surface area contributed by atoms with E-state index in [1.807, 2.05) is 38.4 Å². The molecule has 0 aliphatic rings. The standard InChI is InChI=1S/C9H10N2Se/c1-11(2)9-5-3-8(4-6-9)10-7-12/h3-6H,1-2H3. The fraction of sp³-hybridized carbons (Fsp3) is 0.222. The minimum absolute atomic E-state index is 0.916. The van der Waals surface area contributed by atoms with Crippen LogP contribution in [-0.2, 0) is 0 Å². The Morgan fingerprint density at radius 2 is 1.83 bits per heavy atom. The summed E-state index contributed by atoms with van der Waals surface area (Å²) in [6, 6.07) is 7.96. The molecule has 0 spiro atoms. The Morgan fingerprint density at radius 3 is 2.25 bits per heavy atom. The topological polar surface area (TPSA) is 15.6 Å². The van der Waals surface area contributed by atoms with Gasteiger partial charge in [0.25, 0.3) is 0 Å². The Kier molecular flexibility index (Phi) is 3.24. The number of rotatable bonds is 2. The normalized spacial score (nSPS) is 8.83. The Morgan fingerprint density at radius 1 is 1.25 bits per heavy atom. The fourth-order valence-electron chi connectivity index (χ4n) is 0.878. The summed E-state index contributed by atoms with van der Waals surface area (Å²) in [5.74, 6) is 0. The maximum atomic E-state index is 3.98. The predicted molar refractivity (Wildman–Crippen MR) is 53.6 cm³/mol. The van der Waals surface area contributed by atoms with Crippen molar-refractivity contribution in [1.29, 1.82) is 0 Å². The van der Waals surface area contributed by atoms with Crippen molar-refractivity contribution < 1.29 is 0 Å². The molecule has 0 fully saturated rings. The van der Waals surface area contributed by atoms with E-state index in [-0.39, 0.29) is 0 Å². The molecule has 0 atom stereocenters. The van der Waals surface area contributed by atoms with Crippen LogP contribution in [0.4, 0.5) is 11.4 Å². The van der Waals surface area contributed by atoms with E-state index in [4.69, 9.17) is 0 Å². The molecule has 0 saturated heterocycles. The van der Waals surface area contributed by atoms with Gasteiger partial charge in [-0.1, -0.05) is 0 Å². The first-order chi connectivity index (χ1) is 5.74. The summed E-state index contributed by atoms with van der Waals surface area (Å²) in [4.78, 5) is 6.03. The van der Waals surface area contributed by atoms with Crippen LogP contribution in [0.1, 0.15) is 0 Å². The molecule has 0 aromatic heterocycles. The third-order valence-corrected chi connectivity index (χ3v) is 1.73. The monoisotopic (exact) mass is 226 g/mol. The molecule has 0 N–H and O–H groups in total. The summed E-state index contributed by atoms with van der Waals surface area (Å²) < 4.78 is 2.62. The Bertz CT molecular complexity index is 297. The number of hydrogen-bond acceptors (Lipinski definition) is 2. The molecule has 12 heavy (non-hydrogen) atoms. The summed E-state index contributed by atoms with van der Waals surface area (Å²) in [7, 11) is 4.02. The van der Waals surface area contributed by atoms with Gasteiger partial charge in [0.15, 0.2) is 0 Å². The van der Waals surface area contributed by atoms with Crippen LogP contribution in [0.25, 0.3) is 0 Å². The van der Waals surface area contributed by atoms with Gasteiger partial charge in [-0.05, 0) is 0 Å². The van der Waals surface area contributed by atoms with Gasteiger partial charge in [0.05, 0.1) is 0 Å². The Hall–Kier alpha value is -0.881. The van der Waals surface area contributed by atoms with Crippen LogP contribution in [-0.4, -0.2) is 34.4 Å². The van der Waals surface area contributed by atoms with Gasteiger partial charge < -0.3 is 0 Å². The van der Waals surface area contributed by atoms with Gasteiger partial charge in [0.1, 0.15) is 0 Å². The number of nitrogens with zero attached hydrogens (tertiary/aromatic N) is 2. The number of aliphatic imine (C=N–C) groups is 1. The molecule has 0 bridgehead atoms. The van der Waals surface area contributed by atoms with Crippen molar-refractivity contribution in [1.82, 2.24) is 0 Å². The SMILES string of the molecule is CN(C)c1ccc(N=C=[Se])cc1. The van der Waals surface area contributed by atoms with E-state index >= 15 is 0 Å². The molecular formula is C9H10N2Se. The molecule has 0 radical (unpaired) electrons. The van der Waals surface area contributed by atoms with Crippen LogP contribution in [0.5, 0.6) is 0 Å². The van der Waals surface area contributed by atoms with E-state index in [1.165, 1.54) is 5.69 Å². The first kappa shape index (κ1) is 9.21. The molecule has 1 rings (SSSR count). The van der Waals surface area contributed by atoms with Gasteiger partial charge in [-0.3, -0.25) is 0 Å². The van der Waals surface area contributed by atoms with Crippen molar-refractivity contribution in [3.8, 4) is 0 Å². The second-order valence-electron chi connectivity index (χ2n) is 2.61. The molecule has 0 saturated carbocycles. The van der Waals surface area contributed by atoms with Crippen LogP contribution in [0.15, 0.2) is 29.3 Å². The van der Waals surface area contributed by atoms with Gasteiger partial charge in [0, 0.05) is 0 Å². The average molecular weight is 225 g/mol. The van der Waals surface area contributed by atoms with E-state index in [9.17, 15) is 0 Å². The van der Waals surface area contributed by atoms with Crippen LogP contribution >= 0.6 is 0 Å². The number of hydrogen-bond donors (Lipinski definition) is 0. The van der Waals surface area contributed by atoms with Crippen molar-refractivity contribution in [2.45, 2.75) is 0 Å². The van der Waals surface area contributed by atoms with E-state index in [0.717, 1.165) is 5.69 Å². The molecule has 0 amide bonds. The van der Waals surface area contributed by atoms with Gasteiger partial charge in [-0.15, -0.1) is 0 Å². The van der Waals surface area contributed by atoms with Crippen LogP contribution < -0.4 is 4.90 Å². The van der Waals surface area contributed by atoms with E-state index < -0.39 is 0 Å². The summed E-state index contributed by atoms with van der Waals surface area (Å²) in [5.41, 5.74) is 2.09.